The predicted molar refractivity (Wildman–Crippen MR) is 129 cm³/mol. The fourth-order valence-corrected chi connectivity index (χ4v) is 4.54. The Kier molecular flexibility index (Phi) is 7.57. The number of Topliss-reactive ketones (excluding diaryl/α,β-unsaturated/α-hetero) is 1. The predicted octanol–water partition coefficient (Wildman–Crippen LogP) is 2.55. The van der Waals surface area contributed by atoms with E-state index in [1.807, 2.05) is 0 Å². The zero-order valence-corrected chi connectivity index (χ0v) is 19.9. The smallest absolute Gasteiger partial charge is 0.295 e. The molecule has 2 saturated heterocycles. The molecule has 35 heavy (non-hydrogen) atoms. The number of carbonyl (C=O) groups excluding carboxylic acids is 2. The maximum atomic E-state index is 13.2. The third-order valence-corrected chi connectivity index (χ3v) is 6.39. The van der Waals surface area contributed by atoms with E-state index in [0.717, 1.165) is 19.6 Å². The van der Waals surface area contributed by atoms with Crippen LogP contribution in [0.5, 0.6) is 17.2 Å². The highest BCUT2D eigenvalue weighted by molar-refractivity contribution is 6.46. The Hall–Kier alpha value is -3.56. The second-order valence-electron chi connectivity index (χ2n) is 8.46. The lowest BCUT2D eigenvalue weighted by molar-refractivity contribution is -0.140. The lowest BCUT2D eigenvalue weighted by Gasteiger charge is -2.29. The number of morpholine rings is 1. The van der Waals surface area contributed by atoms with Gasteiger partial charge in [-0.25, -0.2) is 0 Å². The summed E-state index contributed by atoms with van der Waals surface area (Å²) in [4.78, 5) is 30.1. The summed E-state index contributed by atoms with van der Waals surface area (Å²) < 4.78 is 15.8. The first kappa shape index (κ1) is 24.6. The molecule has 9 nitrogen and oxygen atoms in total. The Labute approximate surface area is 204 Å². The lowest BCUT2D eigenvalue weighted by atomic mass is 9.94. The van der Waals surface area contributed by atoms with Crippen molar-refractivity contribution in [2.24, 2.45) is 0 Å². The summed E-state index contributed by atoms with van der Waals surface area (Å²) in [6, 6.07) is 10.6. The number of nitrogens with zero attached hydrogens (tertiary/aromatic N) is 2. The highest BCUT2D eigenvalue weighted by Gasteiger charge is 2.46. The monoisotopic (exact) mass is 482 g/mol. The number of hydrogen-bond donors (Lipinski definition) is 2. The van der Waals surface area contributed by atoms with Crippen LogP contribution in [0.25, 0.3) is 5.76 Å². The van der Waals surface area contributed by atoms with Gasteiger partial charge in [-0.1, -0.05) is 12.1 Å². The van der Waals surface area contributed by atoms with Gasteiger partial charge in [0.15, 0.2) is 0 Å². The molecule has 2 aromatic carbocycles. The number of amides is 1. The molecule has 2 aliphatic rings. The van der Waals surface area contributed by atoms with Crippen LogP contribution in [-0.4, -0.2) is 85.3 Å². The van der Waals surface area contributed by atoms with Crippen molar-refractivity contribution in [3.63, 3.8) is 0 Å². The SMILES string of the molecule is COc1cccc([C@H]2C(=C(O)c3ccc(OC)cc3O)C(=O)C(=O)N2CCCN2CCOCC2)c1. The molecule has 0 spiro atoms. The van der Waals surface area contributed by atoms with E-state index in [9.17, 15) is 19.8 Å². The summed E-state index contributed by atoms with van der Waals surface area (Å²) in [7, 11) is 2.99. The molecule has 0 saturated carbocycles. The van der Waals surface area contributed by atoms with E-state index < -0.39 is 23.5 Å². The summed E-state index contributed by atoms with van der Waals surface area (Å²) >= 11 is 0. The summed E-state index contributed by atoms with van der Waals surface area (Å²) in [5, 5.41) is 21.7. The van der Waals surface area contributed by atoms with Crippen LogP contribution < -0.4 is 9.47 Å². The maximum Gasteiger partial charge on any atom is 0.295 e. The van der Waals surface area contributed by atoms with E-state index in [-0.39, 0.29) is 16.9 Å². The number of methoxy groups -OCH3 is 2. The molecule has 2 heterocycles. The summed E-state index contributed by atoms with van der Waals surface area (Å²) in [6.45, 7) is 4.11. The number of carbonyl (C=O) groups is 2. The highest BCUT2D eigenvalue weighted by atomic mass is 16.5. The van der Waals surface area contributed by atoms with Crippen molar-refractivity contribution in [3.05, 3.63) is 59.2 Å². The van der Waals surface area contributed by atoms with Crippen molar-refractivity contribution >= 4 is 17.4 Å². The van der Waals surface area contributed by atoms with Gasteiger partial charge in [0.1, 0.15) is 23.0 Å². The van der Waals surface area contributed by atoms with Crippen molar-refractivity contribution in [1.29, 1.82) is 0 Å². The number of ether oxygens (including phenoxy) is 3. The average molecular weight is 483 g/mol. The number of phenols is 1. The topological polar surface area (TPSA) is 109 Å². The number of aliphatic hydroxyl groups excluding tert-OH is 1. The standard InChI is InChI=1S/C26H30N2O7/c1-33-18-6-3-5-17(15-18)23-22(24(30)20-8-7-19(34-2)16-21(20)29)25(31)26(32)28(23)10-4-9-27-11-13-35-14-12-27/h3,5-8,15-16,23,29-30H,4,9-14H2,1-2H3/t23-/m0/s1. The molecule has 186 valence electrons. The molecular weight excluding hydrogens is 452 g/mol. The van der Waals surface area contributed by atoms with Crippen LogP contribution in [0.2, 0.25) is 0 Å². The minimum absolute atomic E-state index is 0.0463. The van der Waals surface area contributed by atoms with Gasteiger partial charge in [0.05, 0.1) is 44.6 Å². The first-order chi connectivity index (χ1) is 16.9. The largest absolute Gasteiger partial charge is 0.507 e. The normalized spacial score (nSPS) is 20.3. The molecule has 0 bridgehead atoms. The molecule has 9 heteroatoms. The lowest BCUT2D eigenvalue weighted by Crippen LogP contribution is -2.38. The molecule has 4 rings (SSSR count). The fraction of sp³-hybridized carbons (Fsp3) is 0.385. The van der Waals surface area contributed by atoms with Gasteiger partial charge >= 0.3 is 0 Å². The van der Waals surface area contributed by atoms with Gasteiger partial charge in [0.25, 0.3) is 11.7 Å². The molecule has 0 aromatic heterocycles. The quantitative estimate of drug-likeness (QED) is 0.336. The van der Waals surface area contributed by atoms with Gasteiger partial charge in [-0.3, -0.25) is 14.5 Å². The van der Waals surface area contributed by atoms with Crippen molar-refractivity contribution in [1.82, 2.24) is 9.80 Å². The second-order valence-corrected chi connectivity index (χ2v) is 8.46. The van der Waals surface area contributed by atoms with Gasteiger partial charge in [0.2, 0.25) is 0 Å². The summed E-state index contributed by atoms with van der Waals surface area (Å²) in [5.41, 5.74) is 0.601. The van der Waals surface area contributed by atoms with Crippen LogP contribution in [0.1, 0.15) is 23.6 Å². The van der Waals surface area contributed by atoms with Crippen LogP contribution in [0.4, 0.5) is 0 Å². The number of aromatic hydroxyl groups is 1. The maximum absolute atomic E-state index is 13.2. The number of aliphatic hydroxyl groups is 1. The van der Waals surface area contributed by atoms with Crippen molar-refractivity contribution in [2.75, 3.05) is 53.6 Å². The number of phenolic OH excluding ortho intramolecular Hbond substituents is 1. The second kappa shape index (κ2) is 10.8. The Morgan fingerprint density at radius 2 is 1.74 bits per heavy atom. The highest BCUT2D eigenvalue weighted by Crippen LogP contribution is 2.42. The Bertz CT molecular complexity index is 1120. The number of ketones is 1. The number of rotatable bonds is 8. The van der Waals surface area contributed by atoms with Crippen LogP contribution in [0.15, 0.2) is 48.0 Å². The molecular formula is C26H30N2O7. The Balaban J connectivity index is 1.71. The van der Waals surface area contributed by atoms with Crippen molar-refractivity contribution < 1.29 is 34.0 Å². The van der Waals surface area contributed by atoms with Crippen LogP contribution in [-0.2, 0) is 14.3 Å². The number of likely N-dealkylation sites (tertiary alicyclic amines) is 1. The van der Waals surface area contributed by atoms with Crippen molar-refractivity contribution in [3.8, 4) is 17.2 Å². The molecule has 2 N–H and O–H groups in total. The van der Waals surface area contributed by atoms with Crippen LogP contribution in [0.3, 0.4) is 0 Å². The minimum Gasteiger partial charge on any atom is -0.507 e. The summed E-state index contributed by atoms with van der Waals surface area (Å²) in [5.74, 6) is -1.22. The van der Waals surface area contributed by atoms with E-state index in [1.165, 1.54) is 31.3 Å². The van der Waals surface area contributed by atoms with E-state index in [1.54, 1.807) is 30.3 Å². The van der Waals surface area contributed by atoms with Crippen LogP contribution >= 0.6 is 0 Å². The zero-order chi connectivity index (χ0) is 24.9. The molecule has 2 fully saturated rings. The summed E-state index contributed by atoms with van der Waals surface area (Å²) in [6.07, 6.45) is 0.654. The van der Waals surface area contributed by atoms with E-state index >= 15 is 0 Å². The fourth-order valence-electron chi connectivity index (χ4n) is 4.54. The third kappa shape index (κ3) is 5.11. The molecule has 2 aromatic rings. The van der Waals surface area contributed by atoms with Crippen molar-refractivity contribution in [2.45, 2.75) is 12.5 Å². The molecule has 1 atom stereocenters. The molecule has 0 radical (unpaired) electrons. The molecule has 0 aliphatic carbocycles. The van der Waals surface area contributed by atoms with Gasteiger partial charge in [0, 0.05) is 32.2 Å². The zero-order valence-electron chi connectivity index (χ0n) is 19.9. The van der Waals surface area contributed by atoms with Crippen LogP contribution in [0, 0.1) is 0 Å². The number of benzene rings is 2. The van der Waals surface area contributed by atoms with Gasteiger partial charge in [-0.2, -0.15) is 0 Å². The Morgan fingerprint density at radius 3 is 2.43 bits per heavy atom. The first-order valence-corrected chi connectivity index (χ1v) is 11.5. The van der Waals surface area contributed by atoms with Gasteiger partial charge in [-0.15, -0.1) is 0 Å². The molecule has 0 unspecified atom stereocenters. The average Bonchev–Trinajstić information content (AvgIpc) is 3.14. The van der Waals surface area contributed by atoms with E-state index in [2.05, 4.69) is 4.90 Å². The molecule has 2 aliphatic heterocycles. The molecule has 1 amide bonds. The minimum atomic E-state index is -0.823. The first-order valence-electron chi connectivity index (χ1n) is 11.5. The number of hydrogen-bond acceptors (Lipinski definition) is 8. The van der Waals surface area contributed by atoms with E-state index in [0.29, 0.717) is 43.2 Å². The van der Waals surface area contributed by atoms with E-state index in [4.69, 9.17) is 14.2 Å². The van der Waals surface area contributed by atoms with Gasteiger partial charge < -0.3 is 29.3 Å². The van der Waals surface area contributed by atoms with Gasteiger partial charge in [-0.05, 0) is 36.2 Å². The Morgan fingerprint density at radius 1 is 1.03 bits per heavy atom. The third-order valence-electron chi connectivity index (χ3n) is 6.39.